The predicted octanol–water partition coefficient (Wildman–Crippen LogP) is 3.73. The summed E-state index contributed by atoms with van der Waals surface area (Å²) in [6.45, 7) is 3.55. The highest BCUT2D eigenvalue weighted by atomic mass is 16.5. The zero-order valence-corrected chi connectivity index (χ0v) is 17.5. The number of anilines is 2. The van der Waals surface area contributed by atoms with Crippen molar-refractivity contribution in [3.63, 3.8) is 0 Å². The maximum atomic E-state index is 12.4. The molecule has 2 N–H and O–H groups in total. The highest BCUT2D eigenvalue weighted by Crippen LogP contribution is 2.30. The maximum Gasteiger partial charge on any atom is 0.277 e. The predicted molar refractivity (Wildman–Crippen MR) is 115 cm³/mol. The number of carbonyl (C=O) groups excluding carboxylic acids is 2. The summed E-state index contributed by atoms with van der Waals surface area (Å²) in [5.74, 6) is 1.41. The first-order valence-corrected chi connectivity index (χ1v) is 10.1. The van der Waals surface area contributed by atoms with Crippen molar-refractivity contribution >= 4 is 29.0 Å². The van der Waals surface area contributed by atoms with E-state index in [2.05, 4.69) is 25.7 Å². The molecule has 1 aromatic carbocycles. The summed E-state index contributed by atoms with van der Waals surface area (Å²) in [7, 11) is 0. The molecule has 0 atom stereocenters. The quantitative estimate of drug-likeness (QED) is 0.476. The highest BCUT2D eigenvalue weighted by Gasteiger charge is 2.30. The van der Waals surface area contributed by atoms with Gasteiger partial charge >= 0.3 is 0 Å². The molecule has 3 aromatic heterocycles. The molecule has 0 bridgehead atoms. The van der Waals surface area contributed by atoms with E-state index in [0.717, 1.165) is 18.4 Å². The molecule has 10 heteroatoms. The number of hydrogen-bond acceptors (Lipinski definition) is 7. The van der Waals surface area contributed by atoms with Gasteiger partial charge in [-0.3, -0.25) is 9.59 Å². The molecule has 0 radical (unpaired) electrons. The average Bonchev–Trinajstić information content (AvgIpc) is 3.41. The van der Waals surface area contributed by atoms with Crippen LogP contribution in [0.2, 0.25) is 0 Å². The van der Waals surface area contributed by atoms with E-state index in [1.54, 1.807) is 41.9 Å². The SMILES string of the molecule is Cc1nc(C(=O)Nc2cc(Oc3ccc4nc(NC(=O)C5CC5)cn4n3)ccc2C)co1. The third-order valence-corrected chi connectivity index (χ3v) is 5.03. The van der Waals surface area contributed by atoms with Gasteiger partial charge in [0.2, 0.25) is 11.8 Å². The molecule has 5 rings (SSSR count). The number of imidazole rings is 1. The zero-order valence-electron chi connectivity index (χ0n) is 17.5. The van der Waals surface area contributed by atoms with Gasteiger partial charge in [0.15, 0.2) is 23.0 Å². The fourth-order valence-corrected chi connectivity index (χ4v) is 3.13. The van der Waals surface area contributed by atoms with Gasteiger partial charge in [-0.15, -0.1) is 5.10 Å². The molecule has 1 aliphatic carbocycles. The second-order valence-corrected chi connectivity index (χ2v) is 7.65. The number of benzene rings is 1. The summed E-state index contributed by atoms with van der Waals surface area (Å²) >= 11 is 0. The number of nitrogens with one attached hydrogen (secondary N) is 2. The Morgan fingerprint density at radius 2 is 1.97 bits per heavy atom. The van der Waals surface area contributed by atoms with E-state index in [4.69, 9.17) is 9.15 Å². The molecule has 0 saturated heterocycles. The third-order valence-electron chi connectivity index (χ3n) is 5.03. The summed E-state index contributed by atoms with van der Waals surface area (Å²) in [4.78, 5) is 32.7. The van der Waals surface area contributed by atoms with Crippen molar-refractivity contribution in [1.29, 1.82) is 0 Å². The Kier molecular flexibility index (Phi) is 4.81. The molecule has 1 saturated carbocycles. The average molecular weight is 432 g/mol. The van der Waals surface area contributed by atoms with E-state index in [9.17, 15) is 9.59 Å². The zero-order chi connectivity index (χ0) is 22.2. The second kappa shape index (κ2) is 7.80. The lowest BCUT2D eigenvalue weighted by Gasteiger charge is -2.10. The largest absolute Gasteiger partial charge is 0.448 e. The number of aryl methyl sites for hydroxylation is 2. The van der Waals surface area contributed by atoms with E-state index in [0.29, 0.717) is 34.7 Å². The normalized spacial score (nSPS) is 13.2. The van der Waals surface area contributed by atoms with Gasteiger partial charge < -0.3 is 19.8 Å². The van der Waals surface area contributed by atoms with Gasteiger partial charge in [-0.2, -0.15) is 0 Å². The van der Waals surface area contributed by atoms with Crippen LogP contribution in [0.1, 0.15) is 34.8 Å². The Labute approximate surface area is 182 Å². The van der Waals surface area contributed by atoms with Gasteiger partial charge in [0.1, 0.15) is 12.0 Å². The fraction of sp³-hybridized carbons (Fsp3) is 0.227. The van der Waals surface area contributed by atoms with Gasteiger partial charge in [0, 0.05) is 30.7 Å². The first-order valence-electron chi connectivity index (χ1n) is 10.1. The number of rotatable bonds is 6. The Morgan fingerprint density at radius 1 is 1.12 bits per heavy atom. The summed E-state index contributed by atoms with van der Waals surface area (Å²) in [6.07, 6.45) is 4.80. The van der Waals surface area contributed by atoms with Crippen LogP contribution < -0.4 is 15.4 Å². The van der Waals surface area contributed by atoms with E-state index in [-0.39, 0.29) is 23.4 Å². The van der Waals surface area contributed by atoms with Crippen molar-refractivity contribution < 1.29 is 18.7 Å². The molecular formula is C22H20N6O4. The van der Waals surface area contributed by atoms with Crippen LogP contribution in [0, 0.1) is 19.8 Å². The molecule has 0 aliphatic heterocycles. The molecular weight excluding hydrogens is 412 g/mol. The van der Waals surface area contributed by atoms with Crippen molar-refractivity contribution in [2.24, 2.45) is 5.92 Å². The lowest BCUT2D eigenvalue weighted by atomic mass is 10.2. The van der Waals surface area contributed by atoms with Crippen molar-refractivity contribution in [3.8, 4) is 11.6 Å². The smallest absolute Gasteiger partial charge is 0.277 e. The lowest BCUT2D eigenvalue weighted by molar-refractivity contribution is -0.117. The van der Waals surface area contributed by atoms with Crippen LogP contribution in [-0.4, -0.2) is 31.4 Å². The monoisotopic (exact) mass is 432 g/mol. The van der Waals surface area contributed by atoms with Crippen molar-refractivity contribution in [3.05, 3.63) is 59.9 Å². The van der Waals surface area contributed by atoms with Crippen LogP contribution in [0.15, 0.2) is 47.2 Å². The summed E-state index contributed by atoms with van der Waals surface area (Å²) in [5.41, 5.74) is 2.23. The number of nitrogens with zero attached hydrogens (tertiary/aromatic N) is 4. The van der Waals surface area contributed by atoms with E-state index < -0.39 is 0 Å². The van der Waals surface area contributed by atoms with Crippen LogP contribution in [0.4, 0.5) is 11.5 Å². The molecule has 1 aliphatic rings. The number of ether oxygens (including phenoxy) is 1. The molecule has 0 unspecified atom stereocenters. The van der Waals surface area contributed by atoms with Gasteiger partial charge in [-0.05, 0) is 37.5 Å². The second-order valence-electron chi connectivity index (χ2n) is 7.65. The first kappa shape index (κ1) is 19.7. The Morgan fingerprint density at radius 3 is 2.72 bits per heavy atom. The summed E-state index contributed by atoms with van der Waals surface area (Å²) in [5, 5.41) is 10.0. The summed E-state index contributed by atoms with van der Waals surface area (Å²) < 4.78 is 12.5. The Balaban J connectivity index is 1.32. The Bertz CT molecular complexity index is 1340. The van der Waals surface area contributed by atoms with Gasteiger partial charge in [0.05, 0.1) is 6.20 Å². The van der Waals surface area contributed by atoms with E-state index in [1.165, 1.54) is 6.26 Å². The molecule has 4 aromatic rings. The standard InChI is InChI=1S/C22H20N6O4/c1-12-3-6-15(9-16(12)24-22(30)17-11-31-13(2)23-17)32-20-8-7-19-25-18(10-28(19)27-20)26-21(29)14-4-5-14/h3,6-11,14H,4-5H2,1-2H3,(H,24,30)(H,26,29). The molecule has 162 valence electrons. The molecule has 32 heavy (non-hydrogen) atoms. The minimum atomic E-state index is -0.374. The number of amides is 2. The molecule has 10 nitrogen and oxygen atoms in total. The molecule has 2 amide bonds. The van der Waals surface area contributed by atoms with Crippen LogP contribution in [0.3, 0.4) is 0 Å². The molecule has 0 spiro atoms. The number of oxazole rings is 1. The van der Waals surface area contributed by atoms with Crippen LogP contribution in [-0.2, 0) is 4.79 Å². The number of fused-ring (bicyclic) bond motifs is 1. The van der Waals surface area contributed by atoms with Crippen LogP contribution in [0.5, 0.6) is 11.6 Å². The van der Waals surface area contributed by atoms with Crippen LogP contribution >= 0.6 is 0 Å². The maximum absolute atomic E-state index is 12.4. The summed E-state index contributed by atoms with van der Waals surface area (Å²) in [6, 6.07) is 8.76. The minimum Gasteiger partial charge on any atom is -0.448 e. The van der Waals surface area contributed by atoms with Crippen molar-refractivity contribution in [2.45, 2.75) is 26.7 Å². The minimum absolute atomic E-state index is 0.0140. The van der Waals surface area contributed by atoms with E-state index in [1.807, 2.05) is 13.0 Å². The van der Waals surface area contributed by atoms with E-state index >= 15 is 0 Å². The van der Waals surface area contributed by atoms with Gasteiger partial charge in [-0.1, -0.05) is 6.07 Å². The number of hydrogen-bond donors (Lipinski definition) is 2. The number of aromatic nitrogens is 4. The van der Waals surface area contributed by atoms with Crippen LogP contribution in [0.25, 0.3) is 5.65 Å². The van der Waals surface area contributed by atoms with Crippen molar-refractivity contribution in [2.75, 3.05) is 10.6 Å². The molecule has 1 fully saturated rings. The van der Waals surface area contributed by atoms with Crippen molar-refractivity contribution in [1.82, 2.24) is 19.6 Å². The number of carbonyl (C=O) groups is 2. The van der Waals surface area contributed by atoms with Gasteiger partial charge in [0.25, 0.3) is 5.91 Å². The fourth-order valence-electron chi connectivity index (χ4n) is 3.13. The highest BCUT2D eigenvalue weighted by molar-refractivity contribution is 6.03. The van der Waals surface area contributed by atoms with Gasteiger partial charge in [-0.25, -0.2) is 14.5 Å². The Hall–Kier alpha value is -4.21. The first-order chi connectivity index (χ1) is 15.4. The third kappa shape index (κ3) is 4.15. The topological polar surface area (TPSA) is 124 Å². The lowest BCUT2D eigenvalue weighted by Crippen LogP contribution is -2.13. The molecule has 3 heterocycles.